The Morgan fingerprint density at radius 3 is 3.08 bits per heavy atom. The van der Waals surface area contributed by atoms with E-state index >= 15 is 0 Å². The summed E-state index contributed by atoms with van der Waals surface area (Å²) in [4.78, 5) is 20.4. The molecule has 0 aliphatic heterocycles. The van der Waals surface area contributed by atoms with E-state index in [0.717, 1.165) is 32.3 Å². The minimum absolute atomic E-state index is 0.219. The topological polar surface area (TPSA) is 52.1 Å². The van der Waals surface area contributed by atoms with Crippen LogP contribution in [0.2, 0.25) is 5.02 Å². The minimum Gasteiger partial charge on any atom is -0.466 e. The van der Waals surface area contributed by atoms with Gasteiger partial charge in [-0.2, -0.15) is 0 Å². The van der Waals surface area contributed by atoms with Crippen molar-refractivity contribution < 1.29 is 9.53 Å². The Morgan fingerprint density at radius 2 is 2.25 bits per heavy atom. The van der Waals surface area contributed by atoms with Crippen LogP contribution in [-0.4, -0.2) is 22.5 Å². The van der Waals surface area contributed by atoms with Gasteiger partial charge in [-0.25, -0.2) is 4.98 Å². The summed E-state index contributed by atoms with van der Waals surface area (Å²) in [6, 6.07) is 7.75. The van der Waals surface area contributed by atoms with Crippen LogP contribution in [0.25, 0.3) is 10.9 Å². The summed E-state index contributed by atoms with van der Waals surface area (Å²) in [6.07, 6.45) is 1.99. The maximum Gasteiger partial charge on any atom is 0.311 e. The van der Waals surface area contributed by atoms with E-state index < -0.39 is 0 Å². The second-order valence-corrected chi connectivity index (χ2v) is 7.47. The smallest absolute Gasteiger partial charge is 0.311 e. The monoisotopic (exact) mass is 378 g/mol. The first-order chi connectivity index (χ1) is 11.7. The number of carbonyl (C=O) groups is 1. The highest BCUT2D eigenvalue weighted by Crippen LogP contribution is 2.31. The van der Waals surface area contributed by atoms with Crippen molar-refractivity contribution >= 4 is 51.6 Å². The number of thioether (sulfide) groups is 1. The number of rotatable bonds is 6. The third kappa shape index (κ3) is 4.06. The third-order valence-corrected chi connectivity index (χ3v) is 5.76. The third-order valence-electron chi connectivity index (χ3n) is 3.31. The normalized spacial score (nSPS) is 10.9. The van der Waals surface area contributed by atoms with Gasteiger partial charge in [0.05, 0.1) is 24.2 Å². The van der Waals surface area contributed by atoms with Crippen molar-refractivity contribution in [2.75, 3.05) is 6.61 Å². The Balaban J connectivity index is 1.70. The van der Waals surface area contributed by atoms with Crippen LogP contribution in [0.4, 0.5) is 0 Å². The summed E-state index contributed by atoms with van der Waals surface area (Å²) in [5, 5.41) is 3.56. The van der Waals surface area contributed by atoms with Crippen molar-refractivity contribution in [3.63, 3.8) is 0 Å². The van der Waals surface area contributed by atoms with Gasteiger partial charge in [-0.1, -0.05) is 29.4 Å². The second-order valence-electron chi connectivity index (χ2n) is 4.98. The number of hydrogen-bond donors (Lipinski definition) is 0. The number of nitrogens with zero attached hydrogens (tertiary/aromatic N) is 2. The summed E-state index contributed by atoms with van der Waals surface area (Å²) in [7, 11) is 0. The lowest BCUT2D eigenvalue weighted by atomic mass is 10.1. The van der Waals surface area contributed by atoms with Crippen molar-refractivity contribution in [3.05, 3.63) is 52.1 Å². The molecule has 0 fully saturated rings. The van der Waals surface area contributed by atoms with E-state index in [2.05, 4.69) is 9.97 Å². The maximum absolute atomic E-state index is 11.5. The lowest BCUT2D eigenvalue weighted by Crippen LogP contribution is -2.07. The summed E-state index contributed by atoms with van der Waals surface area (Å²) in [5.74, 6) is 0.504. The molecule has 0 saturated heterocycles. The Hall–Kier alpha value is -1.63. The number of thiazole rings is 1. The zero-order chi connectivity index (χ0) is 16.9. The lowest BCUT2D eigenvalue weighted by Gasteiger charge is -2.06. The first kappa shape index (κ1) is 17.2. The molecule has 0 unspecified atom stereocenters. The van der Waals surface area contributed by atoms with Crippen LogP contribution in [0.3, 0.4) is 0 Å². The van der Waals surface area contributed by atoms with Crippen LogP contribution >= 0.6 is 34.7 Å². The predicted octanol–water partition coefficient (Wildman–Crippen LogP) is 4.74. The number of halogens is 1. The van der Waals surface area contributed by atoms with E-state index in [4.69, 9.17) is 16.3 Å². The molecular weight excluding hydrogens is 364 g/mol. The zero-order valence-electron chi connectivity index (χ0n) is 13.0. The first-order valence-electron chi connectivity index (χ1n) is 7.42. The Labute approximate surface area is 153 Å². The van der Waals surface area contributed by atoms with E-state index in [0.29, 0.717) is 11.6 Å². The molecule has 4 nitrogen and oxygen atoms in total. The van der Waals surface area contributed by atoms with Gasteiger partial charge in [-0.15, -0.1) is 11.3 Å². The van der Waals surface area contributed by atoms with Crippen LogP contribution in [0.5, 0.6) is 0 Å². The predicted molar refractivity (Wildman–Crippen MR) is 98.8 cm³/mol. The number of carbonyl (C=O) groups excluding carboxylic acids is 1. The number of benzene rings is 1. The van der Waals surface area contributed by atoms with Gasteiger partial charge in [0.25, 0.3) is 0 Å². The number of hydrogen-bond acceptors (Lipinski definition) is 6. The molecule has 2 aromatic heterocycles. The highest BCUT2D eigenvalue weighted by molar-refractivity contribution is 8.00. The summed E-state index contributed by atoms with van der Waals surface area (Å²) in [5.41, 5.74) is 2.78. The molecule has 3 aromatic rings. The van der Waals surface area contributed by atoms with Gasteiger partial charge < -0.3 is 4.74 Å². The average molecular weight is 379 g/mol. The molecule has 2 heterocycles. The lowest BCUT2D eigenvalue weighted by molar-refractivity contribution is -0.142. The molecule has 0 aliphatic rings. The molecule has 0 spiro atoms. The van der Waals surface area contributed by atoms with Crippen molar-refractivity contribution in [1.29, 1.82) is 0 Å². The summed E-state index contributed by atoms with van der Waals surface area (Å²) < 4.78 is 5.87. The Bertz CT molecular complexity index is 867. The van der Waals surface area contributed by atoms with Gasteiger partial charge in [0.15, 0.2) is 0 Å². The quantitative estimate of drug-likeness (QED) is 0.458. The van der Waals surface area contributed by atoms with Crippen LogP contribution < -0.4 is 0 Å². The summed E-state index contributed by atoms with van der Waals surface area (Å²) >= 11 is 9.39. The number of esters is 1. The van der Waals surface area contributed by atoms with Gasteiger partial charge in [0.2, 0.25) is 0 Å². The molecule has 124 valence electrons. The van der Waals surface area contributed by atoms with E-state index in [9.17, 15) is 4.79 Å². The van der Waals surface area contributed by atoms with Crippen LogP contribution in [0, 0.1) is 0 Å². The maximum atomic E-state index is 11.5. The van der Waals surface area contributed by atoms with Gasteiger partial charge in [0, 0.05) is 27.7 Å². The van der Waals surface area contributed by atoms with Crippen LogP contribution in [-0.2, 0) is 21.7 Å². The standard InChI is InChI=1S/C17H15ClN2O2S2/c1-2-22-15(21)8-12-10-24-17(20-12)23-9-11-5-6-14(18)13-4-3-7-19-16(11)13/h3-7,10H,2,8-9H2,1H3. The fourth-order valence-corrected chi connectivity index (χ4v) is 4.29. The van der Waals surface area contributed by atoms with Crippen molar-refractivity contribution in [1.82, 2.24) is 9.97 Å². The molecule has 0 aliphatic carbocycles. The fraction of sp³-hybridized carbons (Fsp3) is 0.235. The van der Waals surface area contributed by atoms with Crippen molar-refractivity contribution in [2.45, 2.75) is 23.4 Å². The second kappa shape index (κ2) is 7.96. The van der Waals surface area contributed by atoms with Gasteiger partial charge in [-0.3, -0.25) is 9.78 Å². The number of fused-ring (bicyclic) bond motifs is 1. The van der Waals surface area contributed by atoms with Crippen molar-refractivity contribution in [2.24, 2.45) is 0 Å². The average Bonchev–Trinajstić information content (AvgIpc) is 3.02. The number of pyridine rings is 1. The molecule has 0 saturated carbocycles. The molecule has 0 radical (unpaired) electrons. The minimum atomic E-state index is -0.243. The van der Waals surface area contributed by atoms with E-state index in [-0.39, 0.29) is 12.4 Å². The highest BCUT2D eigenvalue weighted by Gasteiger charge is 2.10. The van der Waals surface area contributed by atoms with Crippen LogP contribution in [0.1, 0.15) is 18.2 Å². The fourth-order valence-electron chi connectivity index (χ4n) is 2.25. The summed E-state index contributed by atoms with van der Waals surface area (Å²) in [6.45, 7) is 2.19. The van der Waals surface area contributed by atoms with E-state index in [1.54, 1.807) is 24.9 Å². The number of aromatic nitrogens is 2. The molecule has 24 heavy (non-hydrogen) atoms. The Kier molecular flexibility index (Phi) is 5.71. The van der Waals surface area contributed by atoms with E-state index in [1.807, 2.05) is 29.6 Å². The first-order valence-corrected chi connectivity index (χ1v) is 9.66. The molecule has 0 amide bonds. The van der Waals surface area contributed by atoms with Gasteiger partial charge >= 0.3 is 5.97 Å². The molecule has 3 rings (SSSR count). The largest absolute Gasteiger partial charge is 0.466 e. The molecular formula is C17H15ClN2O2S2. The highest BCUT2D eigenvalue weighted by atomic mass is 35.5. The van der Waals surface area contributed by atoms with Gasteiger partial charge in [-0.05, 0) is 30.7 Å². The molecule has 0 bridgehead atoms. The number of ether oxygens (including phenoxy) is 1. The molecule has 7 heteroatoms. The van der Waals surface area contributed by atoms with Crippen LogP contribution in [0.15, 0.2) is 40.2 Å². The Morgan fingerprint density at radius 1 is 1.38 bits per heavy atom. The van der Waals surface area contributed by atoms with Gasteiger partial charge in [0.1, 0.15) is 4.34 Å². The van der Waals surface area contributed by atoms with Crippen molar-refractivity contribution in [3.8, 4) is 0 Å². The zero-order valence-corrected chi connectivity index (χ0v) is 15.4. The SMILES string of the molecule is CCOC(=O)Cc1csc(SCc2ccc(Cl)c3cccnc23)n1. The van der Waals surface area contributed by atoms with E-state index in [1.165, 1.54) is 11.3 Å². The molecule has 0 atom stereocenters. The molecule has 1 aromatic carbocycles. The molecule has 0 N–H and O–H groups in total.